The van der Waals surface area contributed by atoms with Crippen LogP contribution in [-0.2, 0) is 0 Å². The molecule has 1 aliphatic heterocycles. The second kappa shape index (κ2) is 9.96. The molecular weight excluding hydrogens is 432 g/mol. The average Bonchev–Trinajstić information content (AvgIpc) is 3.51. The van der Waals surface area contributed by atoms with Crippen molar-refractivity contribution in [2.24, 2.45) is 0 Å². The second-order valence-corrected chi connectivity index (χ2v) is 8.45. The molecule has 0 amide bonds. The summed E-state index contributed by atoms with van der Waals surface area (Å²) in [6.07, 6.45) is 12.1. The Bertz CT molecular complexity index is 1300. The third-order valence-electron chi connectivity index (χ3n) is 6.02. The van der Waals surface area contributed by atoms with Crippen molar-refractivity contribution in [2.45, 2.75) is 26.2 Å². The van der Waals surface area contributed by atoms with Crippen molar-refractivity contribution in [1.82, 2.24) is 24.4 Å². The van der Waals surface area contributed by atoms with Crippen molar-refractivity contribution in [3.8, 4) is 22.8 Å². The van der Waals surface area contributed by atoms with E-state index in [-0.39, 0.29) is 5.69 Å². The zero-order valence-corrected chi connectivity index (χ0v) is 19.2. The molecule has 0 spiro atoms. The average molecular weight is 461 g/mol. The number of ether oxygens (including phenoxy) is 1. The van der Waals surface area contributed by atoms with Gasteiger partial charge in [-0.05, 0) is 50.6 Å². The van der Waals surface area contributed by atoms with Crippen molar-refractivity contribution < 1.29 is 9.15 Å². The monoisotopic (exact) mass is 460 g/mol. The number of aromatic amines is 1. The Kier molecular flexibility index (Phi) is 6.44. The highest BCUT2D eigenvalue weighted by Crippen LogP contribution is 2.28. The van der Waals surface area contributed by atoms with Gasteiger partial charge in [0.15, 0.2) is 5.76 Å². The van der Waals surface area contributed by atoms with E-state index >= 15 is 0 Å². The molecule has 1 saturated heterocycles. The van der Waals surface area contributed by atoms with Crippen molar-refractivity contribution in [3.63, 3.8) is 0 Å². The van der Waals surface area contributed by atoms with E-state index in [9.17, 15) is 4.79 Å². The van der Waals surface area contributed by atoms with Crippen LogP contribution in [0.25, 0.3) is 17.0 Å². The number of nitrogens with zero attached hydrogens (tertiary/aromatic N) is 4. The summed E-state index contributed by atoms with van der Waals surface area (Å²) >= 11 is 0. The number of oxazole rings is 1. The van der Waals surface area contributed by atoms with Gasteiger partial charge in [0.05, 0.1) is 18.1 Å². The SMILES string of the molecule is Cc1ccc(OCCN2CCCCC2)cc1Nc1ncc(-c2cncc(-n3cc[nH]c3=O)c2)o1. The Hall–Kier alpha value is -3.85. The molecule has 0 aliphatic carbocycles. The van der Waals surface area contributed by atoms with Crippen LogP contribution in [0.3, 0.4) is 0 Å². The number of rotatable bonds is 8. The number of likely N-dealkylation sites (tertiary alicyclic amines) is 1. The molecule has 0 unspecified atom stereocenters. The number of pyridine rings is 1. The Morgan fingerprint density at radius 2 is 2.03 bits per heavy atom. The first kappa shape index (κ1) is 22.0. The first-order valence-electron chi connectivity index (χ1n) is 11.6. The highest BCUT2D eigenvalue weighted by molar-refractivity contribution is 5.63. The predicted molar refractivity (Wildman–Crippen MR) is 130 cm³/mol. The standard InChI is InChI=1S/C25H28N6O3/c1-18-5-6-21(33-12-11-30-8-3-2-4-9-30)14-22(18)29-24-28-17-23(34-24)19-13-20(16-26-15-19)31-10-7-27-25(31)32/h5-7,10,13-17H,2-4,8-9,11-12H2,1H3,(H,27,32)(H,28,29). The van der Waals surface area contributed by atoms with Crippen LogP contribution in [0, 0.1) is 6.92 Å². The topological polar surface area (TPSA) is 101 Å². The van der Waals surface area contributed by atoms with E-state index in [1.54, 1.807) is 31.0 Å². The quantitative estimate of drug-likeness (QED) is 0.408. The van der Waals surface area contributed by atoms with Crippen LogP contribution in [0.2, 0.25) is 0 Å². The van der Waals surface area contributed by atoms with Crippen LogP contribution in [0.15, 0.2) is 64.5 Å². The van der Waals surface area contributed by atoms with E-state index in [2.05, 4.69) is 25.2 Å². The molecule has 3 aromatic heterocycles. The summed E-state index contributed by atoms with van der Waals surface area (Å²) in [7, 11) is 0. The van der Waals surface area contributed by atoms with Gasteiger partial charge < -0.3 is 19.5 Å². The van der Waals surface area contributed by atoms with Crippen LogP contribution < -0.4 is 15.7 Å². The lowest BCUT2D eigenvalue weighted by Gasteiger charge is -2.26. The minimum absolute atomic E-state index is 0.229. The van der Waals surface area contributed by atoms with Gasteiger partial charge in [0.2, 0.25) is 0 Å². The summed E-state index contributed by atoms with van der Waals surface area (Å²) in [6.45, 7) is 5.96. The fourth-order valence-corrected chi connectivity index (χ4v) is 4.10. The third-order valence-corrected chi connectivity index (χ3v) is 6.02. The molecule has 2 N–H and O–H groups in total. The summed E-state index contributed by atoms with van der Waals surface area (Å²) in [5, 5.41) is 3.25. The summed E-state index contributed by atoms with van der Waals surface area (Å²) in [6, 6.07) is 8.17. The number of aromatic nitrogens is 4. The predicted octanol–water partition coefficient (Wildman–Crippen LogP) is 4.13. The van der Waals surface area contributed by atoms with Gasteiger partial charge in [-0.3, -0.25) is 14.5 Å². The van der Waals surface area contributed by atoms with E-state index in [0.717, 1.165) is 42.2 Å². The fraction of sp³-hybridized carbons (Fsp3) is 0.320. The van der Waals surface area contributed by atoms with E-state index in [4.69, 9.17) is 9.15 Å². The van der Waals surface area contributed by atoms with Gasteiger partial charge in [0.25, 0.3) is 6.01 Å². The van der Waals surface area contributed by atoms with E-state index in [1.165, 1.54) is 23.8 Å². The van der Waals surface area contributed by atoms with Crippen LogP contribution in [0.5, 0.6) is 5.75 Å². The zero-order chi connectivity index (χ0) is 23.3. The number of nitrogens with one attached hydrogen (secondary N) is 2. The number of piperidine rings is 1. The van der Waals surface area contributed by atoms with Gasteiger partial charge in [-0.1, -0.05) is 12.5 Å². The molecule has 4 aromatic rings. The van der Waals surface area contributed by atoms with Crippen molar-refractivity contribution in [3.05, 3.63) is 71.3 Å². The number of imidazole rings is 1. The Labute approximate surface area is 197 Å². The Balaban J connectivity index is 1.26. The molecule has 0 radical (unpaired) electrons. The van der Waals surface area contributed by atoms with E-state index in [0.29, 0.717) is 24.1 Å². The summed E-state index contributed by atoms with van der Waals surface area (Å²) < 4.78 is 13.4. The maximum Gasteiger partial charge on any atom is 0.330 e. The first-order valence-corrected chi connectivity index (χ1v) is 11.6. The maximum absolute atomic E-state index is 11.9. The van der Waals surface area contributed by atoms with Crippen molar-refractivity contribution in [2.75, 3.05) is 31.6 Å². The van der Waals surface area contributed by atoms with Crippen LogP contribution in [-0.4, -0.2) is 50.7 Å². The van der Waals surface area contributed by atoms with Crippen molar-refractivity contribution in [1.29, 1.82) is 0 Å². The molecule has 1 fully saturated rings. The van der Waals surface area contributed by atoms with Crippen molar-refractivity contribution >= 4 is 11.7 Å². The molecule has 0 saturated carbocycles. The second-order valence-electron chi connectivity index (χ2n) is 8.45. The zero-order valence-electron chi connectivity index (χ0n) is 19.2. The molecule has 4 heterocycles. The lowest BCUT2D eigenvalue weighted by molar-refractivity contribution is 0.183. The number of hydrogen-bond acceptors (Lipinski definition) is 7. The molecular formula is C25H28N6O3. The van der Waals surface area contributed by atoms with Gasteiger partial charge >= 0.3 is 5.69 Å². The number of benzene rings is 1. The molecule has 34 heavy (non-hydrogen) atoms. The number of anilines is 2. The molecule has 1 aliphatic rings. The molecule has 176 valence electrons. The number of H-pyrrole nitrogens is 1. The summed E-state index contributed by atoms with van der Waals surface area (Å²) in [4.78, 5) is 25.6. The smallest absolute Gasteiger partial charge is 0.330 e. The van der Waals surface area contributed by atoms with Gasteiger partial charge in [-0.2, -0.15) is 0 Å². The minimum atomic E-state index is -0.229. The molecule has 1 aromatic carbocycles. The van der Waals surface area contributed by atoms with Gasteiger partial charge in [-0.15, -0.1) is 0 Å². The normalized spacial score (nSPS) is 14.3. The number of hydrogen-bond donors (Lipinski definition) is 2. The Morgan fingerprint density at radius 1 is 1.15 bits per heavy atom. The molecule has 9 nitrogen and oxygen atoms in total. The maximum atomic E-state index is 11.9. The largest absolute Gasteiger partial charge is 0.492 e. The van der Waals surface area contributed by atoms with Gasteiger partial charge in [-0.25, -0.2) is 9.78 Å². The molecule has 0 bridgehead atoms. The molecule has 5 rings (SSSR count). The summed E-state index contributed by atoms with van der Waals surface area (Å²) in [5.74, 6) is 1.36. The van der Waals surface area contributed by atoms with E-state index in [1.807, 2.05) is 31.2 Å². The highest BCUT2D eigenvalue weighted by atomic mass is 16.5. The number of aryl methyl sites for hydroxylation is 1. The van der Waals surface area contributed by atoms with Crippen LogP contribution in [0.4, 0.5) is 11.7 Å². The third kappa shape index (κ3) is 5.04. The van der Waals surface area contributed by atoms with E-state index < -0.39 is 0 Å². The van der Waals surface area contributed by atoms with Crippen LogP contribution >= 0.6 is 0 Å². The molecule has 9 heteroatoms. The van der Waals surface area contributed by atoms with Gasteiger partial charge in [0.1, 0.15) is 12.4 Å². The minimum Gasteiger partial charge on any atom is -0.492 e. The summed E-state index contributed by atoms with van der Waals surface area (Å²) in [5.41, 5.74) is 3.05. The first-order chi connectivity index (χ1) is 16.7. The Morgan fingerprint density at radius 3 is 2.85 bits per heavy atom. The van der Waals surface area contributed by atoms with Crippen LogP contribution in [0.1, 0.15) is 24.8 Å². The lowest BCUT2D eigenvalue weighted by Crippen LogP contribution is -2.33. The fourth-order valence-electron chi connectivity index (χ4n) is 4.10. The van der Waals surface area contributed by atoms with Gasteiger partial charge in [0, 0.05) is 42.5 Å². The lowest BCUT2D eigenvalue weighted by atomic mass is 10.1. The highest BCUT2D eigenvalue weighted by Gasteiger charge is 2.12. The molecule has 0 atom stereocenters.